The maximum atomic E-state index is 11.1. The molecule has 0 fully saturated rings. The fraction of sp³-hybridized carbons (Fsp3) is 0.600. The molecule has 0 heterocycles. The second-order valence-electron chi connectivity index (χ2n) is 10.3. The molecule has 2 aromatic carbocycles. The first-order chi connectivity index (χ1) is 18.9. The minimum Gasteiger partial charge on any atom is -0.506 e. The van der Waals surface area contributed by atoms with Crippen molar-refractivity contribution in [2.24, 2.45) is 0 Å². The third kappa shape index (κ3) is 17.2. The van der Waals surface area contributed by atoms with Crippen LogP contribution in [0.5, 0.6) is 11.5 Å². The number of rotatable bonds is 18. The molecular weight excluding hydrogens is 616 g/mol. The van der Waals surface area contributed by atoms with Gasteiger partial charge in [0.1, 0.15) is 21.3 Å². The summed E-state index contributed by atoms with van der Waals surface area (Å²) >= 11 is 0. The summed E-state index contributed by atoms with van der Waals surface area (Å²) < 4.78 is 62.3. The molecule has 0 aliphatic rings. The fourth-order valence-corrected chi connectivity index (χ4v) is 5.68. The van der Waals surface area contributed by atoms with Gasteiger partial charge in [0.25, 0.3) is 20.2 Å². The monoisotopic (exact) mass is 663 g/mol. The van der Waals surface area contributed by atoms with Crippen LogP contribution < -0.4 is 0 Å². The molecule has 41 heavy (non-hydrogen) atoms. The zero-order chi connectivity index (χ0) is 30.0. The molecular formula is C30H48CuO8S2. The standard InChI is InChI=1S/2C15H24O4S.Cu/c2*1-2-3-4-5-6-7-8-9-13-10-11-14(16)15(12-13)20(17,18)19;/h2*10-12,16H,2-9H2,1H3,(H,17,18,19);. The molecule has 1 radical (unpaired) electrons. The SMILES string of the molecule is CCCCCCCCCc1ccc(O)c(S(=O)(=O)O)c1.CCCCCCCCCc1ccc(O)c(S(=O)(=O)O)c1.[Cu]. The van der Waals surface area contributed by atoms with Gasteiger partial charge in [-0.05, 0) is 61.1 Å². The van der Waals surface area contributed by atoms with Gasteiger partial charge in [0.05, 0.1) is 0 Å². The van der Waals surface area contributed by atoms with Crippen LogP contribution in [0.4, 0.5) is 0 Å². The summed E-state index contributed by atoms with van der Waals surface area (Å²) in [5.41, 5.74) is 1.65. The Morgan fingerprint density at radius 2 is 0.805 bits per heavy atom. The van der Waals surface area contributed by atoms with Crippen molar-refractivity contribution >= 4 is 20.2 Å². The predicted molar refractivity (Wildman–Crippen MR) is 159 cm³/mol. The molecule has 0 unspecified atom stereocenters. The molecule has 0 saturated carbocycles. The van der Waals surface area contributed by atoms with Crippen LogP contribution in [-0.4, -0.2) is 36.2 Å². The van der Waals surface area contributed by atoms with Crippen LogP contribution in [0.3, 0.4) is 0 Å². The van der Waals surface area contributed by atoms with Gasteiger partial charge in [-0.15, -0.1) is 0 Å². The molecule has 4 N–H and O–H groups in total. The summed E-state index contributed by atoms with van der Waals surface area (Å²) in [6.07, 6.45) is 18.2. The first kappa shape index (κ1) is 39.4. The summed E-state index contributed by atoms with van der Waals surface area (Å²) in [4.78, 5) is -0.809. The van der Waals surface area contributed by atoms with Crippen molar-refractivity contribution in [3.05, 3.63) is 47.5 Å². The van der Waals surface area contributed by atoms with Gasteiger partial charge in [0.15, 0.2) is 0 Å². The van der Waals surface area contributed by atoms with E-state index in [0.717, 1.165) is 49.7 Å². The van der Waals surface area contributed by atoms with Crippen LogP contribution in [0.2, 0.25) is 0 Å². The zero-order valence-electron chi connectivity index (χ0n) is 24.3. The number of unbranched alkanes of at least 4 members (excludes halogenated alkanes) is 12. The van der Waals surface area contributed by atoms with Crippen molar-refractivity contribution in [2.75, 3.05) is 0 Å². The maximum absolute atomic E-state index is 11.1. The third-order valence-electron chi connectivity index (χ3n) is 6.74. The molecule has 0 atom stereocenters. The molecule has 0 aliphatic carbocycles. The second-order valence-corrected chi connectivity index (χ2v) is 13.1. The Morgan fingerprint density at radius 3 is 1.10 bits per heavy atom. The predicted octanol–water partition coefficient (Wildman–Crippen LogP) is 7.86. The van der Waals surface area contributed by atoms with Crippen molar-refractivity contribution in [1.29, 1.82) is 0 Å². The number of benzene rings is 2. The minimum atomic E-state index is -4.35. The molecule has 0 bridgehead atoms. The van der Waals surface area contributed by atoms with Crippen LogP contribution in [0.15, 0.2) is 46.2 Å². The van der Waals surface area contributed by atoms with Crippen LogP contribution >= 0.6 is 0 Å². The number of aromatic hydroxyl groups is 2. The van der Waals surface area contributed by atoms with Gasteiger partial charge >= 0.3 is 0 Å². The number of phenols is 2. The molecule has 2 rings (SSSR count). The van der Waals surface area contributed by atoms with Gasteiger partial charge in [-0.2, -0.15) is 16.8 Å². The van der Waals surface area contributed by atoms with E-state index < -0.39 is 41.5 Å². The van der Waals surface area contributed by atoms with E-state index in [4.69, 9.17) is 9.11 Å². The summed E-state index contributed by atoms with van der Waals surface area (Å²) in [7, 11) is -8.70. The minimum absolute atomic E-state index is 0. The number of aryl methyl sites for hydroxylation is 2. The van der Waals surface area contributed by atoms with Crippen molar-refractivity contribution in [1.82, 2.24) is 0 Å². The molecule has 0 spiro atoms. The summed E-state index contributed by atoms with van der Waals surface area (Å²) in [6, 6.07) is 8.73. The summed E-state index contributed by atoms with van der Waals surface area (Å²) in [6.45, 7) is 4.38. The zero-order valence-corrected chi connectivity index (χ0v) is 26.9. The molecule has 8 nitrogen and oxygen atoms in total. The van der Waals surface area contributed by atoms with Crippen molar-refractivity contribution in [3.63, 3.8) is 0 Å². The number of hydrogen-bond acceptors (Lipinski definition) is 6. The Hall–Kier alpha value is -1.62. The van der Waals surface area contributed by atoms with Crippen LogP contribution in [-0.2, 0) is 50.1 Å². The summed E-state index contributed by atoms with van der Waals surface area (Å²) in [5, 5.41) is 18.8. The van der Waals surface area contributed by atoms with E-state index in [1.165, 1.54) is 88.5 Å². The molecule has 239 valence electrons. The Balaban J connectivity index is 0.000000762. The first-order valence-electron chi connectivity index (χ1n) is 14.5. The maximum Gasteiger partial charge on any atom is 0.298 e. The second kappa shape index (κ2) is 21.1. The van der Waals surface area contributed by atoms with E-state index in [2.05, 4.69) is 13.8 Å². The molecule has 0 saturated heterocycles. The van der Waals surface area contributed by atoms with Gasteiger partial charge in [-0.25, -0.2) is 0 Å². The van der Waals surface area contributed by atoms with Crippen molar-refractivity contribution in [3.8, 4) is 11.5 Å². The fourth-order valence-electron chi connectivity index (χ4n) is 4.41. The van der Waals surface area contributed by atoms with Crippen LogP contribution in [0.25, 0.3) is 0 Å². The smallest absolute Gasteiger partial charge is 0.298 e. The Morgan fingerprint density at radius 1 is 0.512 bits per heavy atom. The van der Waals surface area contributed by atoms with E-state index in [9.17, 15) is 27.0 Å². The molecule has 0 amide bonds. The van der Waals surface area contributed by atoms with E-state index in [1.54, 1.807) is 12.1 Å². The van der Waals surface area contributed by atoms with Crippen LogP contribution in [0.1, 0.15) is 115 Å². The molecule has 0 aromatic heterocycles. The van der Waals surface area contributed by atoms with Gasteiger partial charge in [0.2, 0.25) is 0 Å². The average molecular weight is 664 g/mol. The number of phenolic OH excluding ortho intramolecular Hbond substituents is 2. The van der Waals surface area contributed by atoms with Gasteiger partial charge in [-0.3, -0.25) is 9.11 Å². The summed E-state index contributed by atoms with van der Waals surface area (Å²) in [5.74, 6) is -0.813. The van der Waals surface area contributed by atoms with E-state index in [-0.39, 0.29) is 17.1 Å². The van der Waals surface area contributed by atoms with Gasteiger partial charge in [-0.1, -0.05) is 103 Å². The quantitative estimate of drug-likeness (QED) is 0.0715. The normalized spacial score (nSPS) is 11.4. The Bertz CT molecular complexity index is 1120. The van der Waals surface area contributed by atoms with E-state index in [0.29, 0.717) is 0 Å². The largest absolute Gasteiger partial charge is 0.506 e. The third-order valence-corrected chi connectivity index (χ3v) is 8.51. The Labute approximate surface area is 258 Å². The molecule has 11 heteroatoms. The number of hydrogen-bond donors (Lipinski definition) is 4. The van der Waals surface area contributed by atoms with Gasteiger partial charge in [0, 0.05) is 17.1 Å². The van der Waals surface area contributed by atoms with E-state index >= 15 is 0 Å². The van der Waals surface area contributed by atoms with Crippen molar-refractivity contribution < 1.29 is 53.2 Å². The molecule has 0 aliphatic heterocycles. The topological polar surface area (TPSA) is 149 Å². The van der Waals surface area contributed by atoms with Crippen LogP contribution in [0, 0.1) is 0 Å². The van der Waals surface area contributed by atoms with Gasteiger partial charge < -0.3 is 10.2 Å². The first-order valence-corrected chi connectivity index (χ1v) is 17.4. The van der Waals surface area contributed by atoms with E-state index in [1.807, 2.05) is 0 Å². The Kier molecular flexibility index (Phi) is 20.3. The van der Waals surface area contributed by atoms with Crippen molar-refractivity contribution in [2.45, 2.75) is 126 Å². The molecule has 2 aromatic rings. The average Bonchev–Trinajstić information content (AvgIpc) is 2.88.